The average Bonchev–Trinajstić information content (AvgIpc) is 2.24. The highest BCUT2D eigenvalue weighted by Crippen LogP contribution is 2.20. The molecule has 16 heavy (non-hydrogen) atoms. The van der Waals surface area contributed by atoms with Crippen molar-refractivity contribution < 1.29 is 0 Å². The van der Waals surface area contributed by atoms with Crippen LogP contribution < -0.4 is 10.5 Å². The van der Waals surface area contributed by atoms with Gasteiger partial charge in [-0.3, -0.25) is 9.78 Å². The van der Waals surface area contributed by atoms with Crippen LogP contribution in [0.3, 0.4) is 0 Å². The third-order valence-corrected chi connectivity index (χ3v) is 3.25. The van der Waals surface area contributed by atoms with Crippen molar-refractivity contribution >= 4 is 21.9 Å². The second kappa shape index (κ2) is 5.48. The summed E-state index contributed by atoms with van der Waals surface area (Å²) in [5, 5.41) is 0. The fourth-order valence-electron chi connectivity index (χ4n) is 1.52. The summed E-state index contributed by atoms with van der Waals surface area (Å²) in [6.45, 7) is 9.80. The van der Waals surface area contributed by atoms with E-state index in [4.69, 9.17) is 0 Å². The number of aromatic nitrogens is 2. The molecule has 0 atom stereocenters. The molecule has 0 spiro atoms. The van der Waals surface area contributed by atoms with Crippen LogP contribution in [0.5, 0.6) is 0 Å². The first-order valence-corrected chi connectivity index (χ1v) is 6.35. The van der Waals surface area contributed by atoms with Crippen LogP contribution in [0.1, 0.15) is 39.3 Å². The molecule has 0 unspecified atom stereocenters. The molecule has 0 aromatic carbocycles. The van der Waals surface area contributed by atoms with Crippen LogP contribution in [0.4, 0.5) is 5.95 Å². The van der Waals surface area contributed by atoms with E-state index >= 15 is 0 Å². The molecule has 0 bridgehead atoms. The average molecular weight is 288 g/mol. The van der Waals surface area contributed by atoms with E-state index < -0.39 is 0 Å². The van der Waals surface area contributed by atoms with Gasteiger partial charge in [0.05, 0.1) is 5.69 Å². The van der Waals surface area contributed by atoms with E-state index in [1.165, 1.54) is 0 Å². The lowest BCUT2D eigenvalue weighted by atomic mass is 10.1. The number of nitrogens with zero attached hydrogens (tertiary/aromatic N) is 2. The largest absolute Gasteiger partial charge is 0.343 e. The fourth-order valence-corrected chi connectivity index (χ4v) is 2.16. The zero-order valence-electron chi connectivity index (χ0n) is 10.2. The van der Waals surface area contributed by atoms with Crippen molar-refractivity contribution in [1.29, 1.82) is 0 Å². The minimum atomic E-state index is -0.111. The molecule has 0 aliphatic rings. The topological polar surface area (TPSA) is 49.0 Å². The van der Waals surface area contributed by atoms with E-state index in [0.717, 1.165) is 18.8 Å². The molecule has 1 rings (SSSR count). The van der Waals surface area contributed by atoms with E-state index in [0.29, 0.717) is 10.4 Å². The number of rotatable bonds is 4. The van der Waals surface area contributed by atoms with Crippen LogP contribution >= 0.6 is 15.9 Å². The van der Waals surface area contributed by atoms with Gasteiger partial charge in [0, 0.05) is 13.1 Å². The van der Waals surface area contributed by atoms with E-state index in [2.05, 4.69) is 25.9 Å². The molecule has 0 amide bonds. The number of hydrogen-bond acceptors (Lipinski definition) is 3. The van der Waals surface area contributed by atoms with Gasteiger partial charge in [-0.05, 0) is 35.7 Å². The van der Waals surface area contributed by atoms with Gasteiger partial charge in [0.2, 0.25) is 5.95 Å². The molecule has 0 aliphatic carbocycles. The van der Waals surface area contributed by atoms with Crippen LogP contribution in [-0.2, 0) is 0 Å². The lowest BCUT2D eigenvalue weighted by molar-refractivity contribution is 0.762. The Bertz CT molecular complexity index is 410. The molecule has 1 heterocycles. The molecule has 0 fully saturated rings. The maximum atomic E-state index is 11.7. The first-order chi connectivity index (χ1) is 7.51. The van der Waals surface area contributed by atoms with Crippen molar-refractivity contribution in [3.8, 4) is 0 Å². The van der Waals surface area contributed by atoms with Gasteiger partial charge >= 0.3 is 0 Å². The molecule has 1 N–H and O–H groups in total. The zero-order chi connectivity index (χ0) is 12.3. The number of H-pyrrole nitrogens is 1. The molecule has 1 aromatic rings. The van der Waals surface area contributed by atoms with Crippen LogP contribution in [0.25, 0.3) is 0 Å². The molecule has 0 radical (unpaired) electrons. The third-order valence-electron chi connectivity index (χ3n) is 2.49. The monoisotopic (exact) mass is 287 g/mol. The highest BCUT2D eigenvalue weighted by atomic mass is 79.9. The summed E-state index contributed by atoms with van der Waals surface area (Å²) < 4.78 is 0.540. The summed E-state index contributed by atoms with van der Waals surface area (Å²) in [5.74, 6) is 0.882. The number of hydrogen-bond donors (Lipinski definition) is 1. The van der Waals surface area contributed by atoms with Crippen LogP contribution in [0.15, 0.2) is 9.27 Å². The van der Waals surface area contributed by atoms with Crippen LogP contribution in [-0.4, -0.2) is 23.1 Å². The second-order valence-corrected chi connectivity index (χ2v) is 4.71. The van der Waals surface area contributed by atoms with Gasteiger partial charge < -0.3 is 4.90 Å². The Morgan fingerprint density at radius 1 is 1.38 bits per heavy atom. The van der Waals surface area contributed by atoms with Gasteiger partial charge in [0.15, 0.2) is 0 Å². The first-order valence-electron chi connectivity index (χ1n) is 5.55. The standard InChI is InChI=1S/C11H18BrN3O/c1-5-15(6-2)11-13-9(7(3)4)8(12)10(16)14-11/h7H,5-6H2,1-4H3,(H,13,14,16). The predicted octanol–water partition coefficient (Wildman–Crippen LogP) is 2.50. The quantitative estimate of drug-likeness (QED) is 0.926. The van der Waals surface area contributed by atoms with Crippen molar-refractivity contribution in [2.75, 3.05) is 18.0 Å². The van der Waals surface area contributed by atoms with Gasteiger partial charge in [-0.15, -0.1) is 0 Å². The Kier molecular flexibility index (Phi) is 4.53. The van der Waals surface area contributed by atoms with Gasteiger partial charge in [-0.2, -0.15) is 0 Å². The smallest absolute Gasteiger partial charge is 0.266 e. The normalized spacial score (nSPS) is 10.9. The molecule has 5 heteroatoms. The van der Waals surface area contributed by atoms with Gasteiger partial charge in [-0.1, -0.05) is 13.8 Å². The number of aromatic amines is 1. The highest BCUT2D eigenvalue weighted by Gasteiger charge is 2.14. The summed E-state index contributed by atoms with van der Waals surface area (Å²) in [5.41, 5.74) is 0.700. The lowest BCUT2D eigenvalue weighted by Crippen LogP contribution is -2.28. The Morgan fingerprint density at radius 3 is 2.38 bits per heavy atom. The molecule has 4 nitrogen and oxygen atoms in total. The maximum Gasteiger partial charge on any atom is 0.266 e. The Labute approximate surface area is 104 Å². The zero-order valence-corrected chi connectivity index (χ0v) is 11.8. The predicted molar refractivity (Wildman–Crippen MR) is 70.2 cm³/mol. The Hall–Kier alpha value is -0.840. The van der Waals surface area contributed by atoms with E-state index in [1.807, 2.05) is 32.6 Å². The maximum absolute atomic E-state index is 11.7. The van der Waals surface area contributed by atoms with Crippen molar-refractivity contribution in [3.63, 3.8) is 0 Å². The highest BCUT2D eigenvalue weighted by molar-refractivity contribution is 9.10. The van der Waals surface area contributed by atoms with E-state index in [-0.39, 0.29) is 11.5 Å². The number of nitrogens with one attached hydrogen (secondary N) is 1. The lowest BCUT2D eigenvalue weighted by Gasteiger charge is -2.20. The van der Waals surface area contributed by atoms with Crippen molar-refractivity contribution in [1.82, 2.24) is 9.97 Å². The summed E-state index contributed by atoms with van der Waals surface area (Å²) in [6.07, 6.45) is 0. The third kappa shape index (κ3) is 2.64. The molecule has 0 aliphatic heterocycles. The summed E-state index contributed by atoms with van der Waals surface area (Å²) in [4.78, 5) is 21.0. The van der Waals surface area contributed by atoms with Gasteiger partial charge in [0.1, 0.15) is 4.47 Å². The first kappa shape index (κ1) is 13.2. The summed E-state index contributed by atoms with van der Waals surface area (Å²) in [6, 6.07) is 0. The molecule has 0 saturated heterocycles. The van der Waals surface area contributed by atoms with Crippen LogP contribution in [0.2, 0.25) is 0 Å². The molecule has 90 valence electrons. The minimum absolute atomic E-state index is 0.111. The fraction of sp³-hybridized carbons (Fsp3) is 0.636. The Balaban J connectivity index is 3.28. The number of halogens is 1. The molecular weight excluding hydrogens is 270 g/mol. The van der Waals surface area contributed by atoms with E-state index in [9.17, 15) is 4.79 Å². The van der Waals surface area contributed by atoms with Gasteiger partial charge in [-0.25, -0.2) is 4.98 Å². The van der Waals surface area contributed by atoms with Gasteiger partial charge in [0.25, 0.3) is 5.56 Å². The SMILES string of the molecule is CCN(CC)c1nc(C(C)C)c(Br)c(=O)[nH]1. The second-order valence-electron chi connectivity index (χ2n) is 3.92. The van der Waals surface area contributed by atoms with Crippen molar-refractivity contribution in [3.05, 3.63) is 20.5 Å². The Morgan fingerprint density at radius 2 is 1.94 bits per heavy atom. The minimum Gasteiger partial charge on any atom is -0.343 e. The molecule has 0 saturated carbocycles. The molecule has 1 aromatic heterocycles. The van der Waals surface area contributed by atoms with E-state index in [1.54, 1.807) is 0 Å². The van der Waals surface area contributed by atoms with Crippen LogP contribution in [0, 0.1) is 0 Å². The summed E-state index contributed by atoms with van der Waals surface area (Å²) >= 11 is 3.28. The molecular formula is C11H18BrN3O. The van der Waals surface area contributed by atoms with Crippen molar-refractivity contribution in [2.24, 2.45) is 0 Å². The number of anilines is 1. The summed E-state index contributed by atoms with van der Waals surface area (Å²) in [7, 11) is 0. The van der Waals surface area contributed by atoms with Crippen molar-refractivity contribution in [2.45, 2.75) is 33.6 Å².